The molecular formula is C14H10K2N2O5Se2. The van der Waals surface area contributed by atoms with E-state index in [1.807, 2.05) is 17.1 Å². The smallest absolute Gasteiger partial charge is 0.870 e. The largest absolute Gasteiger partial charge is 1.00 e. The van der Waals surface area contributed by atoms with E-state index in [9.17, 15) is 14.7 Å². The first kappa shape index (κ1) is 26.3. The van der Waals surface area contributed by atoms with E-state index in [1.54, 1.807) is 12.1 Å². The average molecular weight is 522 g/mol. The normalized spacial score (nSPS) is 9.28. The molecule has 0 aliphatic rings. The van der Waals surface area contributed by atoms with Gasteiger partial charge in [-0.1, -0.05) is 0 Å². The van der Waals surface area contributed by atoms with Crippen LogP contribution < -0.4 is 108 Å². The summed E-state index contributed by atoms with van der Waals surface area (Å²) in [6.07, 6.45) is 0. The van der Waals surface area contributed by atoms with Crippen LogP contribution in [0.2, 0.25) is 0 Å². The maximum Gasteiger partial charge on any atom is 1.00 e. The van der Waals surface area contributed by atoms with Gasteiger partial charge in [-0.2, -0.15) is 0 Å². The molecule has 0 spiro atoms. The second-order valence-corrected chi connectivity index (χ2v) is 8.33. The van der Waals surface area contributed by atoms with E-state index in [1.165, 1.54) is 0 Å². The van der Waals surface area contributed by atoms with E-state index in [4.69, 9.17) is 5.11 Å². The van der Waals surface area contributed by atoms with Crippen LogP contribution in [0.4, 0.5) is 0 Å². The fourth-order valence-corrected chi connectivity index (χ4v) is 5.21. The third-order valence-corrected chi connectivity index (χ3v) is 6.56. The number of hydrogen-bond acceptors (Lipinski definition) is 4. The van der Waals surface area contributed by atoms with Crippen molar-refractivity contribution in [2.45, 2.75) is 0 Å². The summed E-state index contributed by atoms with van der Waals surface area (Å²) < 4.78 is 2.23. The number of H-pyrrole nitrogens is 2. The van der Waals surface area contributed by atoms with E-state index < -0.39 is 11.9 Å². The number of hydrogen-bond donors (Lipinski definition) is 3. The van der Waals surface area contributed by atoms with Gasteiger partial charge in [0.2, 0.25) is 0 Å². The molecule has 0 amide bonds. The molecule has 0 saturated carbocycles. The van der Waals surface area contributed by atoms with E-state index in [0.29, 0.717) is 34.7 Å². The summed E-state index contributed by atoms with van der Waals surface area (Å²) in [5, 5.41) is 18.9. The number of aromatic carboxylic acids is 2. The number of aromatic nitrogens is 2. The van der Waals surface area contributed by atoms with Gasteiger partial charge in [0.1, 0.15) is 0 Å². The van der Waals surface area contributed by atoms with Crippen LogP contribution in [0.15, 0.2) is 34.1 Å². The van der Waals surface area contributed by atoms with Crippen LogP contribution in [0.1, 0.15) is 21.0 Å². The number of carbonyl (C=O) groups excluding carboxylic acids is 1. The van der Waals surface area contributed by atoms with Crippen LogP contribution in [-0.2, 0) is 0 Å². The van der Waals surface area contributed by atoms with Crippen molar-refractivity contribution in [3.05, 3.63) is 45.5 Å². The molecule has 0 bridgehead atoms. The number of rotatable bonds is 2. The summed E-state index contributed by atoms with van der Waals surface area (Å²) in [4.78, 5) is 30.5. The van der Waals surface area contributed by atoms with Gasteiger partial charge in [0.25, 0.3) is 0 Å². The van der Waals surface area contributed by atoms with Crippen LogP contribution in [0, 0.1) is 0 Å². The average Bonchev–Trinajstić information content (AvgIpc) is 3.18. The van der Waals surface area contributed by atoms with Crippen LogP contribution in [0.25, 0.3) is 19.6 Å². The number of aromatic amines is 2. The quantitative estimate of drug-likeness (QED) is 0.226. The second-order valence-electron chi connectivity index (χ2n) is 4.36. The van der Waals surface area contributed by atoms with E-state index in [2.05, 4.69) is 14.9 Å². The van der Waals surface area contributed by atoms with Gasteiger partial charge in [0, 0.05) is 0 Å². The molecule has 0 atom stereocenters. The summed E-state index contributed by atoms with van der Waals surface area (Å²) in [7, 11) is 0. The molecule has 4 aromatic heterocycles. The van der Waals surface area contributed by atoms with E-state index in [-0.39, 0.29) is 114 Å². The minimum Gasteiger partial charge on any atom is -0.870 e. The predicted octanol–water partition coefficient (Wildman–Crippen LogP) is -5.66. The monoisotopic (exact) mass is 524 g/mol. The van der Waals surface area contributed by atoms with Gasteiger partial charge in [-0.25, -0.2) is 0 Å². The van der Waals surface area contributed by atoms with Crippen LogP contribution >= 0.6 is 0 Å². The Balaban J connectivity index is 0.000000411. The third-order valence-electron chi connectivity index (χ3n) is 2.93. The van der Waals surface area contributed by atoms with E-state index >= 15 is 0 Å². The molecule has 0 aromatic carbocycles. The van der Waals surface area contributed by atoms with Gasteiger partial charge in [0.05, 0.1) is 0 Å². The van der Waals surface area contributed by atoms with Gasteiger partial charge in [-0.3, -0.25) is 0 Å². The van der Waals surface area contributed by atoms with Crippen LogP contribution in [0.5, 0.6) is 0 Å². The van der Waals surface area contributed by atoms with Crippen LogP contribution in [0.3, 0.4) is 0 Å². The maximum atomic E-state index is 10.5. The molecule has 7 nitrogen and oxygen atoms in total. The number of carboxylic acid groups (broad SMARTS) is 2. The minimum absolute atomic E-state index is 0. The Kier molecular flexibility index (Phi) is 12.5. The van der Waals surface area contributed by atoms with Crippen molar-refractivity contribution in [2.24, 2.45) is 0 Å². The van der Waals surface area contributed by atoms with Gasteiger partial charge in [-0.15, -0.1) is 0 Å². The number of carbonyl (C=O) groups is 2. The molecule has 4 N–H and O–H groups in total. The van der Waals surface area contributed by atoms with Gasteiger partial charge in [-0.05, 0) is 0 Å². The zero-order chi connectivity index (χ0) is 15.7. The third kappa shape index (κ3) is 6.67. The number of fused-ring (bicyclic) bond motifs is 2. The van der Waals surface area contributed by atoms with E-state index in [0.717, 1.165) is 19.6 Å². The summed E-state index contributed by atoms with van der Waals surface area (Å²) in [6.45, 7) is 0. The predicted molar refractivity (Wildman–Crippen MR) is 83.7 cm³/mol. The van der Waals surface area contributed by atoms with Crippen molar-refractivity contribution in [1.29, 1.82) is 0 Å². The van der Waals surface area contributed by atoms with Gasteiger partial charge >= 0.3 is 239 Å². The summed E-state index contributed by atoms with van der Waals surface area (Å²) in [5.74, 6) is -2.02. The Morgan fingerprint density at radius 1 is 0.920 bits per heavy atom. The second kappa shape index (κ2) is 12.0. The minimum atomic E-state index is -1.14. The molecule has 0 saturated heterocycles. The molecule has 0 aliphatic carbocycles. The summed E-state index contributed by atoms with van der Waals surface area (Å²) >= 11 is 0.638. The zero-order valence-corrected chi connectivity index (χ0v) is 23.1. The molecule has 0 aliphatic heterocycles. The van der Waals surface area contributed by atoms with Crippen molar-refractivity contribution >= 4 is 60.5 Å². The zero-order valence-electron chi connectivity index (χ0n) is 13.4. The van der Waals surface area contributed by atoms with Gasteiger partial charge in [0.15, 0.2) is 0 Å². The molecule has 25 heavy (non-hydrogen) atoms. The summed E-state index contributed by atoms with van der Waals surface area (Å²) in [5.41, 5.74) is 2.36. The topological polar surface area (TPSA) is 139 Å². The molecule has 0 fully saturated rings. The Hall–Kier alpha value is 1.25. The fraction of sp³-hybridized carbons (Fsp3) is 0. The van der Waals surface area contributed by atoms with Crippen molar-refractivity contribution in [3.63, 3.8) is 0 Å². The first-order valence-electron chi connectivity index (χ1n) is 6.11. The van der Waals surface area contributed by atoms with Crippen LogP contribution in [-0.4, -0.2) is 61.5 Å². The Bertz CT molecular complexity index is 836. The van der Waals surface area contributed by atoms with Crippen molar-refractivity contribution in [2.75, 3.05) is 0 Å². The number of carboxylic acids is 2. The molecule has 4 heterocycles. The van der Waals surface area contributed by atoms with Crippen molar-refractivity contribution in [3.8, 4) is 0 Å². The molecule has 120 valence electrons. The first-order chi connectivity index (χ1) is 10.5. The molecule has 4 aromatic rings. The standard InChI is InChI=1S/2C7H5NO2Se.2K.H2O/c2*9-7(10)5-3-6-4(8-5)1-2-11-6;;;/h2*1-3,8H,(H,9,10);;;1H2/q;;2*+1;/p-2. The molecule has 0 unspecified atom stereocenters. The maximum absolute atomic E-state index is 10.5. The molecule has 4 rings (SSSR count). The molecule has 11 heteroatoms. The SMILES string of the molecule is O=C(O)c1cc2[se]ccc2[nH]1.O=C([O-])c1cc2[se]ccc2[nH]1.[K+].[K+].[OH-]. The number of nitrogens with one attached hydrogen (secondary N) is 2. The first-order valence-corrected chi connectivity index (χ1v) is 9.81. The Labute approximate surface area is 239 Å². The molecular weight excluding hydrogens is 512 g/mol. The fourth-order valence-electron chi connectivity index (χ4n) is 1.92. The van der Waals surface area contributed by atoms with Crippen molar-refractivity contribution < 1.29 is 128 Å². The van der Waals surface area contributed by atoms with Gasteiger partial charge < -0.3 is 5.48 Å². The Morgan fingerprint density at radius 3 is 1.76 bits per heavy atom. The summed E-state index contributed by atoms with van der Waals surface area (Å²) in [6, 6.07) is 7.19. The Morgan fingerprint density at radius 2 is 1.36 bits per heavy atom. The van der Waals surface area contributed by atoms with Crippen molar-refractivity contribution in [1.82, 2.24) is 9.97 Å². The molecule has 0 radical (unpaired) electrons.